The molecule has 0 aliphatic heterocycles. The fraction of sp³-hybridized carbons (Fsp3) is 0.250. The third kappa shape index (κ3) is 1.76. The van der Waals surface area contributed by atoms with Gasteiger partial charge in [-0.2, -0.15) is 0 Å². The number of hydrogen-bond donors (Lipinski definition) is 1. The molecular formula is C8H9NO2S. The molecule has 0 unspecified atom stereocenters. The van der Waals surface area contributed by atoms with Gasteiger partial charge >= 0.3 is 5.97 Å². The molecule has 3 nitrogen and oxygen atoms in total. The van der Waals surface area contributed by atoms with E-state index in [1.54, 1.807) is 6.20 Å². The second-order valence-electron chi connectivity index (χ2n) is 2.37. The summed E-state index contributed by atoms with van der Waals surface area (Å²) in [4.78, 5) is 15.2. The zero-order valence-corrected chi connectivity index (χ0v) is 7.68. The number of thioether (sulfide) groups is 1. The van der Waals surface area contributed by atoms with Crippen LogP contribution in [0.2, 0.25) is 0 Å². The van der Waals surface area contributed by atoms with E-state index in [0.717, 1.165) is 5.56 Å². The Kier molecular flexibility index (Phi) is 2.70. The number of rotatable bonds is 2. The van der Waals surface area contributed by atoms with Gasteiger partial charge in [0.2, 0.25) is 0 Å². The van der Waals surface area contributed by atoms with Gasteiger partial charge in [-0.3, -0.25) is 0 Å². The smallest absolute Gasteiger partial charge is 0.355 e. The molecular weight excluding hydrogens is 174 g/mol. The molecule has 0 saturated carbocycles. The maximum atomic E-state index is 10.6. The number of aromatic nitrogens is 1. The molecule has 0 saturated heterocycles. The maximum absolute atomic E-state index is 10.6. The molecule has 1 aromatic heterocycles. The summed E-state index contributed by atoms with van der Waals surface area (Å²) in [5, 5.41) is 8.71. The van der Waals surface area contributed by atoms with Crippen molar-refractivity contribution in [2.24, 2.45) is 0 Å². The van der Waals surface area contributed by atoms with Crippen molar-refractivity contribution >= 4 is 17.7 Å². The Hall–Kier alpha value is -1.03. The first-order chi connectivity index (χ1) is 5.65. The number of nitrogens with zero attached hydrogens (tertiary/aromatic N) is 1. The van der Waals surface area contributed by atoms with Crippen LogP contribution < -0.4 is 0 Å². The Balaban J connectivity index is 3.20. The highest BCUT2D eigenvalue weighted by Crippen LogP contribution is 2.19. The topological polar surface area (TPSA) is 50.2 Å². The van der Waals surface area contributed by atoms with Crippen molar-refractivity contribution in [3.63, 3.8) is 0 Å². The first kappa shape index (κ1) is 9.06. The van der Waals surface area contributed by atoms with Crippen LogP contribution in [-0.4, -0.2) is 22.3 Å². The van der Waals surface area contributed by atoms with E-state index in [1.165, 1.54) is 11.8 Å². The van der Waals surface area contributed by atoms with E-state index >= 15 is 0 Å². The van der Waals surface area contributed by atoms with Gasteiger partial charge in [-0.15, -0.1) is 11.8 Å². The molecule has 1 N–H and O–H groups in total. The lowest BCUT2D eigenvalue weighted by Crippen LogP contribution is -2.02. The first-order valence-corrected chi connectivity index (χ1v) is 4.61. The molecule has 0 aromatic carbocycles. The molecule has 0 aliphatic rings. The van der Waals surface area contributed by atoms with E-state index in [2.05, 4.69) is 4.98 Å². The second kappa shape index (κ2) is 3.58. The van der Waals surface area contributed by atoms with Crippen LogP contribution >= 0.6 is 11.8 Å². The van der Waals surface area contributed by atoms with E-state index in [4.69, 9.17) is 5.11 Å². The zero-order valence-electron chi connectivity index (χ0n) is 6.87. The first-order valence-electron chi connectivity index (χ1n) is 3.39. The number of aromatic carboxylic acids is 1. The van der Waals surface area contributed by atoms with Crippen LogP contribution in [0.4, 0.5) is 0 Å². The summed E-state index contributed by atoms with van der Waals surface area (Å²) in [5.74, 6) is -0.973. The Morgan fingerprint density at radius 1 is 1.67 bits per heavy atom. The van der Waals surface area contributed by atoms with Crippen molar-refractivity contribution in [3.05, 3.63) is 23.5 Å². The van der Waals surface area contributed by atoms with Crippen molar-refractivity contribution < 1.29 is 9.90 Å². The Morgan fingerprint density at radius 2 is 2.33 bits per heavy atom. The number of hydrogen-bond acceptors (Lipinski definition) is 3. The molecule has 12 heavy (non-hydrogen) atoms. The second-order valence-corrected chi connectivity index (χ2v) is 3.22. The Bertz CT molecular complexity index is 312. The van der Waals surface area contributed by atoms with Gasteiger partial charge in [-0.25, -0.2) is 9.78 Å². The lowest BCUT2D eigenvalue weighted by atomic mass is 10.3. The van der Waals surface area contributed by atoms with Crippen LogP contribution in [-0.2, 0) is 0 Å². The van der Waals surface area contributed by atoms with E-state index in [1.807, 2.05) is 19.2 Å². The highest BCUT2D eigenvalue weighted by Gasteiger charge is 2.10. The zero-order chi connectivity index (χ0) is 9.14. The quantitative estimate of drug-likeness (QED) is 0.710. The van der Waals surface area contributed by atoms with E-state index in [9.17, 15) is 4.79 Å². The Morgan fingerprint density at radius 3 is 2.83 bits per heavy atom. The Labute approximate surface area is 74.8 Å². The van der Waals surface area contributed by atoms with E-state index in [-0.39, 0.29) is 5.69 Å². The number of carbonyl (C=O) groups is 1. The summed E-state index contributed by atoms with van der Waals surface area (Å²) >= 11 is 1.39. The molecule has 1 rings (SSSR count). The van der Waals surface area contributed by atoms with Gasteiger partial charge in [-0.1, -0.05) is 0 Å². The van der Waals surface area contributed by atoms with Crippen molar-refractivity contribution in [2.75, 3.05) is 6.26 Å². The van der Waals surface area contributed by atoms with Gasteiger partial charge in [0, 0.05) is 11.1 Å². The van der Waals surface area contributed by atoms with Crippen LogP contribution in [0, 0.1) is 6.92 Å². The predicted octanol–water partition coefficient (Wildman–Crippen LogP) is 1.81. The molecule has 0 amide bonds. The average Bonchev–Trinajstić information content (AvgIpc) is 2.03. The van der Waals surface area contributed by atoms with Crippen LogP contribution in [0.15, 0.2) is 17.2 Å². The normalized spacial score (nSPS) is 9.83. The number of carboxylic acids is 1. The van der Waals surface area contributed by atoms with Crippen LogP contribution in [0.1, 0.15) is 16.1 Å². The molecule has 0 fully saturated rings. The van der Waals surface area contributed by atoms with E-state index in [0.29, 0.717) is 4.90 Å². The predicted molar refractivity (Wildman–Crippen MR) is 47.7 cm³/mol. The van der Waals surface area contributed by atoms with Crippen LogP contribution in [0.3, 0.4) is 0 Å². The van der Waals surface area contributed by atoms with Crippen molar-refractivity contribution in [3.8, 4) is 0 Å². The van der Waals surface area contributed by atoms with Gasteiger partial charge in [0.15, 0.2) is 5.69 Å². The molecule has 64 valence electrons. The minimum absolute atomic E-state index is 0.133. The molecule has 0 spiro atoms. The molecule has 0 radical (unpaired) electrons. The third-order valence-electron chi connectivity index (χ3n) is 1.41. The minimum Gasteiger partial charge on any atom is -0.476 e. The highest BCUT2D eigenvalue weighted by atomic mass is 32.2. The summed E-state index contributed by atoms with van der Waals surface area (Å²) in [6.07, 6.45) is 3.39. The van der Waals surface area contributed by atoms with Crippen LogP contribution in [0.25, 0.3) is 0 Å². The number of pyridine rings is 1. The number of carboxylic acid groups (broad SMARTS) is 1. The van der Waals surface area contributed by atoms with E-state index < -0.39 is 5.97 Å². The molecule has 1 heterocycles. The molecule has 0 aliphatic carbocycles. The molecule has 0 bridgehead atoms. The van der Waals surface area contributed by atoms with Crippen molar-refractivity contribution in [1.29, 1.82) is 0 Å². The van der Waals surface area contributed by atoms with Gasteiger partial charge in [0.25, 0.3) is 0 Å². The lowest BCUT2D eigenvalue weighted by molar-refractivity contribution is 0.0686. The molecule has 1 aromatic rings. The molecule has 0 atom stereocenters. The fourth-order valence-corrected chi connectivity index (χ4v) is 1.50. The van der Waals surface area contributed by atoms with Gasteiger partial charge in [0.05, 0.1) is 0 Å². The maximum Gasteiger partial charge on any atom is 0.355 e. The minimum atomic E-state index is -0.973. The average molecular weight is 183 g/mol. The standard InChI is InChI=1S/C8H9NO2S/c1-5-3-6(12-2)7(8(10)11)9-4-5/h3-4H,1-2H3,(H,10,11). The summed E-state index contributed by atoms with van der Waals surface area (Å²) in [7, 11) is 0. The van der Waals surface area contributed by atoms with Crippen molar-refractivity contribution in [2.45, 2.75) is 11.8 Å². The summed E-state index contributed by atoms with van der Waals surface area (Å²) in [6.45, 7) is 1.89. The molecule has 4 heteroatoms. The number of aryl methyl sites for hydroxylation is 1. The third-order valence-corrected chi connectivity index (χ3v) is 2.16. The van der Waals surface area contributed by atoms with Crippen LogP contribution in [0.5, 0.6) is 0 Å². The van der Waals surface area contributed by atoms with Gasteiger partial charge < -0.3 is 5.11 Å². The fourth-order valence-electron chi connectivity index (χ4n) is 0.859. The van der Waals surface area contributed by atoms with Gasteiger partial charge in [-0.05, 0) is 24.8 Å². The summed E-state index contributed by atoms with van der Waals surface area (Å²) in [6, 6.07) is 1.82. The summed E-state index contributed by atoms with van der Waals surface area (Å²) in [5.41, 5.74) is 1.11. The largest absolute Gasteiger partial charge is 0.476 e. The SMILES string of the molecule is CSc1cc(C)cnc1C(=O)O. The van der Waals surface area contributed by atoms with Gasteiger partial charge in [0.1, 0.15) is 0 Å². The lowest BCUT2D eigenvalue weighted by Gasteiger charge is -2.01. The van der Waals surface area contributed by atoms with Crippen molar-refractivity contribution in [1.82, 2.24) is 4.98 Å². The monoisotopic (exact) mass is 183 g/mol. The highest BCUT2D eigenvalue weighted by molar-refractivity contribution is 7.98. The summed E-state index contributed by atoms with van der Waals surface area (Å²) < 4.78 is 0.